The molecule has 1 amide bonds. The molecule has 3 aromatic rings. The summed E-state index contributed by atoms with van der Waals surface area (Å²) in [6, 6.07) is 21.9. The maximum absolute atomic E-state index is 12.8. The molecule has 0 fully saturated rings. The Morgan fingerprint density at radius 2 is 1.63 bits per heavy atom. The molecular formula is C22H19NO4. The first-order valence-corrected chi connectivity index (χ1v) is 8.45. The highest BCUT2D eigenvalue weighted by molar-refractivity contribution is 5.98. The summed E-state index contributed by atoms with van der Waals surface area (Å²) in [5.41, 5.74) is 2.40. The highest BCUT2D eigenvalue weighted by atomic mass is 16.5. The first-order valence-electron chi connectivity index (χ1n) is 8.45. The summed E-state index contributed by atoms with van der Waals surface area (Å²) in [6.45, 7) is 1.95. The van der Waals surface area contributed by atoms with Crippen LogP contribution in [0.4, 0.5) is 5.69 Å². The molecular weight excluding hydrogens is 342 g/mol. The zero-order valence-corrected chi connectivity index (χ0v) is 14.8. The van der Waals surface area contributed by atoms with Gasteiger partial charge in [0.15, 0.2) is 0 Å². The lowest BCUT2D eigenvalue weighted by Gasteiger charge is -2.18. The minimum Gasteiger partial charge on any atom is -0.508 e. The predicted molar refractivity (Wildman–Crippen MR) is 103 cm³/mol. The van der Waals surface area contributed by atoms with Crippen molar-refractivity contribution >= 4 is 17.6 Å². The average molecular weight is 361 g/mol. The molecule has 0 aliphatic rings. The van der Waals surface area contributed by atoms with Gasteiger partial charge in [-0.25, -0.2) is 4.79 Å². The van der Waals surface area contributed by atoms with E-state index in [1.807, 2.05) is 25.1 Å². The summed E-state index contributed by atoms with van der Waals surface area (Å²) in [7, 11) is 0. The van der Waals surface area contributed by atoms with Crippen LogP contribution in [0.5, 0.6) is 5.75 Å². The smallest absolute Gasteiger partial charge is 0.339 e. The minimum absolute atomic E-state index is 0.0511. The fourth-order valence-electron chi connectivity index (χ4n) is 2.55. The van der Waals surface area contributed by atoms with Gasteiger partial charge in [-0.1, -0.05) is 54.1 Å². The Morgan fingerprint density at radius 1 is 0.926 bits per heavy atom. The number of hydrogen-bond acceptors (Lipinski definition) is 4. The molecule has 5 nitrogen and oxygen atoms in total. The van der Waals surface area contributed by atoms with Crippen LogP contribution in [-0.2, 0) is 9.53 Å². The van der Waals surface area contributed by atoms with E-state index >= 15 is 0 Å². The van der Waals surface area contributed by atoms with Crippen LogP contribution in [0.15, 0.2) is 78.9 Å². The van der Waals surface area contributed by atoms with Crippen LogP contribution in [-0.4, -0.2) is 17.0 Å². The lowest BCUT2D eigenvalue weighted by atomic mass is 10.1. The van der Waals surface area contributed by atoms with Gasteiger partial charge in [0.2, 0.25) is 6.10 Å². The summed E-state index contributed by atoms with van der Waals surface area (Å²) in [5, 5.41) is 12.3. The van der Waals surface area contributed by atoms with Crippen LogP contribution in [0.3, 0.4) is 0 Å². The van der Waals surface area contributed by atoms with Crippen LogP contribution in [0, 0.1) is 6.92 Å². The third kappa shape index (κ3) is 4.73. The van der Waals surface area contributed by atoms with Gasteiger partial charge in [0.1, 0.15) is 5.75 Å². The second-order valence-corrected chi connectivity index (χ2v) is 6.10. The zero-order chi connectivity index (χ0) is 19.2. The number of nitrogens with one attached hydrogen (secondary N) is 1. The third-order valence-corrected chi connectivity index (χ3v) is 3.97. The number of esters is 1. The fourth-order valence-corrected chi connectivity index (χ4v) is 2.55. The number of benzene rings is 3. The van der Waals surface area contributed by atoms with Gasteiger partial charge in [-0.2, -0.15) is 0 Å². The van der Waals surface area contributed by atoms with Crippen molar-refractivity contribution in [2.24, 2.45) is 0 Å². The van der Waals surface area contributed by atoms with Crippen LogP contribution < -0.4 is 5.32 Å². The van der Waals surface area contributed by atoms with Gasteiger partial charge >= 0.3 is 5.97 Å². The number of carbonyl (C=O) groups excluding carboxylic acids is 2. The number of rotatable bonds is 5. The lowest BCUT2D eigenvalue weighted by molar-refractivity contribution is -0.125. The van der Waals surface area contributed by atoms with E-state index in [4.69, 9.17) is 4.74 Å². The highest BCUT2D eigenvalue weighted by Gasteiger charge is 2.26. The molecule has 0 aliphatic carbocycles. The summed E-state index contributed by atoms with van der Waals surface area (Å²) < 4.78 is 5.47. The molecule has 2 N–H and O–H groups in total. The third-order valence-electron chi connectivity index (χ3n) is 3.97. The van der Waals surface area contributed by atoms with E-state index < -0.39 is 18.0 Å². The molecule has 0 aromatic heterocycles. The Kier molecular flexibility index (Phi) is 5.52. The van der Waals surface area contributed by atoms with E-state index in [-0.39, 0.29) is 11.3 Å². The Balaban J connectivity index is 1.83. The number of aryl methyl sites for hydroxylation is 1. The maximum Gasteiger partial charge on any atom is 0.339 e. The van der Waals surface area contributed by atoms with E-state index in [0.717, 1.165) is 5.56 Å². The van der Waals surface area contributed by atoms with Crippen LogP contribution in [0.25, 0.3) is 0 Å². The quantitative estimate of drug-likeness (QED) is 0.667. The maximum atomic E-state index is 12.8. The lowest BCUT2D eigenvalue weighted by Crippen LogP contribution is -2.26. The summed E-state index contributed by atoms with van der Waals surface area (Å²) in [4.78, 5) is 25.3. The molecule has 0 saturated carbocycles. The largest absolute Gasteiger partial charge is 0.508 e. The SMILES string of the molecule is Cc1ccc(NC(=O)[C@H](OC(=O)c2cccc(O)c2)c2ccccc2)cc1. The molecule has 5 heteroatoms. The topological polar surface area (TPSA) is 75.6 Å². The molecule has 136 valence electrons. The number of phenols is 1. The van der Waals surface area contributed by atoms with Gasteiger partial charge in [0.25, 0.3) is 5.91 Å². The van der Waals surface area contributed by atoms with Crippen molar-refractivity contribution in [2.75, 3.05) is 5.32 Å². The van der Waals surface area contributed by atoms with Gasteiger partial charge in [-0.15, -0.1) is 0 Å². The number of phenolic OH excluding ortho intramolecular Hbond substituents is 1. The monoisotopic (exact) mass is 361 g/mol. The molecule has 0 heterocycles. The van der Waals surface area contributed by atoms with E-state index in [1.165, 1.54) is 24.3 Å². The van der Waals surface area contributed by atoms with Gasteiger partial charge in [0, 0.05) is 11.3 Å². The van der Waals surface area contributed by atoms with Gasteiger partial charge in [0.05, 0.1) is 5.56 Å². The molecule has 3 rings (SSSR count). The van der Waals surface area contributed by atoms with Crippen molar-refractivity contribution in [3.8, 4) is 5.75 Å². The Bertz CT molecular complexity index is 936. The normalized spacial score (nSPS) is 11.4. The van der Waals surface area contributed by atoms with E-state index in [2.05, 4.69) is 5.32 Å². The number of carbonyl (C=O) groups is 2. The number of ether oxygens (including phenoxy) is 1. The molecule has 1 atom stereocenters. The second-order valence-electron chi connectivity index (χ2n) is 6.10. The molecule has 27 heavy (non-hydrogen) atoms. The number of anilines is 1. The molecule has 0 unspecified atom stereocenters. The van der Waals surface area contributed by atoms with Crippen molar-refractivity contribution < 1.29 is 19.4 Å². The standard InChI is InChI=1S/C22H19NO4/c1-15-10-12-18(13-11-15)23-21(25)20(16-6-3-2-4-7-16)27-22(26)17-8-5-9-19(24)14-17/h2-14,20,24H,1H3,(H,23,25)/t20-/m1/s1. The fraction of sp³-hybridized carbons (Fsp3) is 0.0909. The van der Waals surface area contributed by atoms with E-state index in [0.29, 0.717) is 11.3 Å². The molecule has 0 aliphatic heterocycles. The van der Waals surface area contributed by atoms with Crippen molar-refractivity contribution in [1.29, 1.82) is 0 Å². The summed E-state index contributed by atoms with van der Waals surface area (Å²) in [6.07, 6.45) is -1.12. The first-order chi connectivity index (χ1) is 13.0. The molecule has 0 bridgehead atoms. The zero-order valence-electron chi connectivity index (χ0n) is 14.8. The van der Waals surface area contributed by atoms with Crippen LogP contribution in [0.1, 0.15) is 27.6 Å². The van der Waals surface area contributed by atoms with E-state index in [1.54, 1.807) is 36.4 Å². The van der Waals surface area contributed by atoms with Gasteiger partial charge in [-0.05, 0) is 37.3 Å². The Morgan fingerprint density at radius 3 is 2.30 bits per heavy atom. The molecule has 0 radical (unpaired) electrons. The highest BCUT2D eigenvalue weighted by Crippen LogP contribution is 2.23. The van der Waals surface area contributed by atoms with Crippen molar-refractivity contribution in [3.05, 3.63) is 95.6 Å². The average Bonchev–Trinajstić information content (AvgIpc) is 2.68. The first kappa shape index (κ1) is 18.2. The summed E-state index contributed by atoms with van der Waals surface area (Å²) >= 11 is 0. The Labute approximate surface area is 157 Å². The number of aromatic hydroxyl groups is 1. The van der Waals surface area contributed by atoms with Crippen LogP contribution in [0.2, 0.25) is 0 Å². The van der Waals surface area contributed by atoms with Crippen molar-refractivity contribution in [1.82, 2.24) is 0 Å². The predicted octanol–water partition coefficient (Wildman–Crippen LogP) is 4.24. The van der Waals surface area contributed by atoms with Crippen molar-refractivity contribution in [3.63, 3.8) is 0 Å². The minimum atomic E-state index is -1.12. The second kappa shape index (κ2) is 8.19. The molecule has 0 saturated heterocycles. The number of amides is 1. The van der Waals surface area contributed by atoms with Gasteiger partial charge in [-0.3, -0.25) is 4.79 Å². The molecule has 3 aromatic carbocycles. The number of hydrogen-bond donors (Lipinski definition) is 2. The Hall–Kier alpha value is -3.60. The van der Waals surface area contributed by atoms with Gasteiger partial charge < -0.3 is 15.2 Å². The van der Waals surface area contributed by atoms with Crippen LogP contribution >= 0.6 is 0 Å². The van der Waals surface area contributed by atoms with E-state index in [9.17, 15) is 14.7 Å². The van der Waals surface area contributed by atoms with Crippen molar-refractivity contribution in [2.45, 2.75) is 13.0 Å². The molecule has 0 spiro atoms. The summed E-state index contributed by atoms with van der Waals surface area (Å²) in [5.74, 6) is -1.21.